The normalized spacial score (nSPS) is 9.86. The van der Waals surface area contributed by atoms with Gasteiger partial charge in [-0.25, -0.2) is 0 Å². The maximum atomic E-state index is 8.33. The van der Waals surface area contributed by atoms with Gasteiger partial charge in [-0.2, -0.15) is 5.26 Å². The second kappa shape index (κ2) is 5.29. The molecule has 0 aromatic heterocycles. The summed E-state index contributed by atoms with van der Waals surface area (Å²) in [7, 11) is 0. The molecule has 0 saturated heterocycles. The van der Waals surface area contributed by atoms with Gasteiger partial charge < -0.3 is 4.74 Å². The van der Waals surface area contributed by atoms with Gasteiger partial charge in [-0.05, 0) is 23.6 Å². The highest BCUT2D eigenvalue weighted by molar-refractivity contribution is 5.28. The standard InChI is InChI=1S/C12H15NO/c1-10(2)11-4-6-12(7-5-11)14-9-3-8-13/h4-7,10H,3,9H2,1-2H3. The van der Waals surface area contributed by atoms with Crippen LogP contribution in [0.15, 0.2) is 24.3 Å². The molecule has 0 spiro atoms. The third-order valence-corrected chi connectivity index (χ3v) is 2.03. The third kappa shape index (κ3) is 3.10. The lowest BCUT2D eigenvalue weighted by Crippen LogP contribution is -1.96. The molecule has 0 saturated carbocycles. The summed E-state index contributed by atoms with van der Waals surface area (Å²) < 4.78 is 5.36. The number of hydrogen-bond acceptors (Lipinski definition) is 2. The lowest BCUT2D eigenvalue weighted by Gasteiger charge is -2.07. The van der Waals surface area contributed by atoms with E-state index in [4.69, 9.17) is 10.00 Å². The maximum absolute atomic E-state index is 8.33. The van der Waals surface area contributed by atoms with E-state index in [1.54, 1.807) is 0 Å². The van der Waals surface area contributed by atoms with Crippen molar-refractivity contribution in [3.63, 3.8) is 0 Å². The molecule has 0 N–H and O–H groups in total. The fourth-order valence-electron chi connectivity index (χ4n) is 1.16. The lowest BCUT2D eigenvalue weighted by molar-refractivity contribution is 0.326. The molecule has 0 atom stereocenters. The highest BCUT2D eigenvalue weighted by atomic mass is 16.5. The molecular formula is C12H15NO. The van der Waals surface area contributed by atoms with Crippen LogP contribution in [0.2, 0.25) is 0 Å². The Morgan fingerprint density at radius 1 is 1.29 bits per heavy atom. The van der Waals surface area contributed by atoms with Crippen LogP contribution in [0.5, 0.6) is 5.75 Å². The van der Waals surface area contributed by atoms with Crippen molar-refractivity contribution >= 4 is 0 Å². The molecule has 0 bridgehead atoms. The molecular weight excluding hydrogens is 174 g/mol. The molecule has 0 aliphatic rings. The van der Waals surface area contributed by atoms with Gasteiger partial charge >= 0.3 is 0 Å². The Labute approximate surface area is 85.1 Å². The van der Waals surface area contributed by atoms with Crippen molar-refractivity contribution in [2.45, 2.75) is 26.2 Å². The average molecular weight is 189 g/mol. The van der Waals surface area contributed by atoms with Gasteiger partial charge in [0.05, 0.1) is 12.5 Å². The first-order valence-electron chi connectivity index (χ1n) is 4.83. The van der Waals surface area contributed by atoms with Crippen molar-refractivity contribution in [1.82, 2.24) is 0 Å². The van der Waals surface area contributed by atoms with Crippen molar-refractivity contribution in [3.8, 4) is 11.8 Å². The smallest absolute Gasteiger partial charge is 0.119 e. The van der Waals surface area contributed by atoms with Crippen molar-refractivity contribution in [2.75, 3.05) is 6.61 Å². The van der Waals surface area contributed by atoms with Crippen LogP contribution in [0.4, 0.5) is 0 Å². The second-order valence-electron chi connectivity index (χ2n) is 3.48. The molecule has 14 heavy (non-hydrogen) atoms. The Hall–Kier alpha value is -1.49. The molecule has 0 unspecified atom stereocenters. The van der Waals surface area contributed by atoms with Gasteiger partial charge in [-0.15, -0.1) is 0 Å². The molecule has 0 fully saturated rings. The number of ether oxygens (including phenoxy) is 1. The molecule has 1 aromatic carbocycles. The zero-order valence-electron chi connectivity index (χ0n) is 8.66. The number of nitriles is 1. The summed E-state index contributed by atoms with van der Waals surface area (Å²) in [5, 5.41) is 8.33. The van der Waals surface area contributed by atoms with E-state index in [9.17, 15) is 0 Å². The number of benzene rings is 1. The first-order valence-corrected chi connectivity index (χ1v) is 4.83. The van der Waals surface area contributed by atoms with Crippen LogP contribution in [-0.4, -0.2) is 6.61 Å². The monoisotopic (exact) mass is 189 g/mol. The average Bonchev–Trinajstić information content (AvgIpc) is 2.19. The molecule has 1 aromatic rings. The van der Waals surface area contributed by atoms with Crippen LogP contribution in [0.25, 0.3) is 0 Å². The van der Waals surface area contributed by atoms with E-state index in [1.165, 1.54) is 5.56 Å². The molecule has 2 nitrogen and oxygen atoms in total. The van der Waals surface area contributed by atoms with E-state index in [2.05, 4.69) is 26.0 Å². The Morgan fingerprint density at radius 2 is 1.93 bits per heavy atom. The van der Waals surface area contributed by atoms with Crippen LogP contribution in [0.1, 0.15) is 31.7 Å². The minimum atomic E-state index is 0.436. The van der Waals surface area contributed by atoms with E-state index in [0.717, 1.165) is 5.75 Å². The van der Waals surface area contributed by atoms with E-state index in [0.29, 0.717) is 18.9 Å². The van der Waals surface area contributed by atoms with Crippen LogP contribution < -0.4 is 4.74 Å². The number of hydrogen-bond donors (Lipinski definition) is 0. The Morgan fingerprint density at radius 3 is 2.43 bits per heavy atom. The largest absolute Gasteiger partial charge is 0.493 e. The molecule has 0 radical (unpaired) electrons. The van der Waals surface area contributed by atoms with Gasteiger partial charge in [-0.3, -0.25) is 0 Å². The molecule has 0 heterocycles. The summed E-state index contributed by atoms with van der Waals surface area (Å²) in [6.07, 6.45) is 0.436. The zero-order valence-corrected chi connectivity index (χ0v) is 8.66. The van der Waals surface area contributed by atoms with Gasteiger partial charge in [0.15, 0.2) is 0 Å². The summed E-state index contributed by atoms with van der Waals surface area (Å²) in [4.78, 5) is 0. The summed E-state index contributed by atoms with van der Waals surface area (Å²) in [6.45, 7) is 4.79. The first kappa shape index (κ1) is 10.6. The Balaban J connectivity index is 2.52. The minimum Gasteiger partial charge on any atom is -0.493 e. The topological polar surface area (TPSA) is 33.0 Å². The van der Waals surface area contributed by atoms with Gasteiger partial charge in [0.2, 0.25) is 0 Å². The molecule has 1 rings (SSSR count). The minimum absolute atomic E-state index is 0.436. The summed E-state index contributed by atoms with van der Waals surface area (Å²) in [6, 6.07) is 10.1. The van der Waals surface area contributed by atoms with E-state index in [1.807, 2.05) is 18.2 Å². The number of nitrogens with zero attached hydrogens (tertiary/aromatic N) is 1. The summed E-state index contributed by atoms with van der Waals surface area (Å²) >= 11 is 0. The van der Waals surface area contributed by atoms with Crippen LogP contribution in [-0.2, 0) is 0 Å². The molecule has 74 valence electrons. The summed E-state index contributed by atoms with van der Waals surface area (Å²) in [5.41, 5.74) is 1.30. The van der Waals surface area contributed by atoms with Crippen molar-refractivity contribution in [3.05, 3.63) is 29.8 Å². The molecule has 0 aliphatic heterocycles. The van der Waals surface area contributed by atoms with E-state index in [-0.39, 0.29) is 0 Å². The Bertz CT molecular complexity index is 308. The highest BCUT2D eigenvalue weighted by Crippen LogP contribution is 2.18. The van der Waals surface area contributed by atoms with Crippen molar-refractivity contribution in [1.29, 1.82) is 5.26 Å². The van der Waals surface area contributed by atoms with E-state index >= 15 is 0 Å². The maximum Gasteiger partial charge on any atom is 0.119 e. The van der Waals surface area contributed by atoms with Crippen LogP contribution in [0, 0.1) is 11.3 Å². The molecule has 2 heteroatoms. The molecule has 0 aliphatic carbocycles. The first-order chi connectivity index (χ1) is 6.74. The fourth-order valence-corrected chi connectivity index (χ4v) is 1.16. The second-order valence-corrected chi connectivity index (χ2v) is 3.48. The van der Waals surface area contributed by atoms with Crippen LogP contribution >= 0.6 is 0 Å². The fraction of sp³-hybridized carbons (Fsp3) is 0.417. The van der Waals surface area contributed by atoms with Gasteiger partial charge in [0.25, 0.3) is 0 Å². The highest BCUT2D eigenvalue weighted by Gasteiger charge is 1.98. The van der Waals surface area contributed by atoms with Crippen molar-refractivity contribution < 1.29 is 4.74 Å². The van der Waals surface area contributed by atoms with Crippen molar-refractivity contribution in [2.24, 2.45) is 0 Å². The quantitative estimate of drug-likeness (QED) is 0.682. The van der Waals surface area contributed by atoms with E-state index < -0.39 is 0 Å². The summed E-state index contributed by atoms with van der Waals surface area (Å²) in [5.74, 6) is 1.38. The lowest BCUT2D eigenvalue weighted by atomic mass is 10.0. The molecule has 0 amide bonds. The zero-order chi connectivity index (χ0) is 10.4. The SMILES string of the molecule is CC(C)c1ccc(OCCC#N)cc1. The van der Waals surface area contributed by atoms with Crippen LogP contribution in [0.3, 0.4) is 0 Å². The number of rotatable bonds is 4. The van der Waals surface area contributed by atoms with Gasteiger partial charge in [-0.1, -0.05) is 26.0 Å². The Kier molecular flexibility index (Phi) is 4.00. The van der Waals surface area contributed by atoms with Gasteiger partial charge in [0, 0.05) is 0 Å². The third-order valence-electron chi connectivity index (χ3n) is 2.03. The predicted octanol–water partition coefficient (Wildman–Crippen LogP) is 3.10. The van der Waals surface area contributed by atoms with Gasteiger partial charge in [0.1, 0.15) is 12.4 Å². The predicted molar refractivity (Wildman–Crippen MR) is 56.3 cm³/mol.